The van der Waals surface area contributed by atoms with Crippen LogP contribution in [0.25, 0.3) is 0 Å². The smallest absolute Gasteiger partial charge is 0.297 e. The largest absolute Gasteiger partial charge is 0.493 e. The standard InChI is InChI=1S/C27H30O7S/c1-20-12-14-22(15-13-20)35(28,29)33-19-26-27(32-18-21-8-4-3-5-9-21)25(16-17-31-26)34-24-11-7-6-10-23(24)30-2/h3-15,25-27H,16-19H2,1-2H3/t25-,26-,27+/m1/s1. The Balaban J connectivity index is 1.52. The Morgan fingerprint density at radius 1 is 0.914 bits per heavy atom. The molecule has 0 saturated carbocycles. The lowest BCUT2D eigenvalue weighted by Crippen LogP contribution is -2.51. The second kappa shape index (κ2) is 11.7. The molecule has 0 N–H and O–H groups in total. The summed E-state index contributed by atoms with van der Waals surface area (Å²) in [5.74, 6) is 1.19. The number of para-hydroxylation sites is 2. The monoisotopic (exact) mass is 498 g/mol. The number of rotatable bonds is 10. The first-order valence-electron chi connectivity index (χ1n) is 11.5. The highest BCUT2D eigenvalue weighted by Gasteiger charge is 2.38. The van der Waals surface area contributed by atoms with E-state index in [0.29, 0.717) is 31.1 Å². The van der Waals surface area contributed by atoms with Gasteiger partial charge in [0.15, 0.2) is 11.5 Å². The van der Waals surface area contributed by atoms with Crippen molar-refractivity contribution in [3.05, 3.63) is 90.0 Å². The molecule has 7 nitrogen and oxygen atoms in total. The van der Waals surface area contributed by atoms with Gasteiger partial charge in [0.1, 0.15) is 18.3 Å². The maximum absolute atomic E-state index is 12.8. The van der Waals surface area contributed by atoms with E-state index in [0.717, 1.165) is 11.1 Å². The summed E-state index contributed by atoms with van der Waals surface area (Å²) in [5.41, 5.74) is 1.95. The van der Waals surface area contributed by atoms with Crippen molar-refractivity contribution in [3.8, 4) is 11.5 Å². The van der Waals surface area contributed by atoms with Crippen molar-refractivity contribution < 1.29 is 31.5 Å². The Hall–Kier alpha value is -2.91. The molecule has 8 heteroatoms. The average Bonchev–Trinajstić information content (AvgIpc) is 2.88. The zero-order valence-electron chi connectivity index (χ0n) is 19.8. The predicted octanol–water partition coefficient (Wildman–Crippen LogP) is 4.53. The van der Waals surface area contributed by atoms with E-state index >= 15 is 0 Å². The summed E-state index contributed by atoms with van der Waals surface area (Å²) >= 11 is 0. The Morgan fingerprint density at radius 2 is 1.60 bits per heavy atom. The molecule has 3 atom stereocenters. The van der Waals surface area contributed by atoms with Gasteiger partial charge in [-0.1, -0.05) is 60.2 Å². The van der Waals surface area contributed by atoms with Gasteiger partial charge in [0, 0.05) is 6.42 Å². The molecular formula is C27H30O7S. The third-order valence-corrected chi connectivity index (χ3v) is 7.09. The van der Waals surface area contributed by atoms with Crippen LogP contribution in [-0.2, 0) is 30.4 Å². The highest BCUT2D eigenvalue weighted by atomic mass is 32.2. The van der Waals surface area contributed by atoms with Gasteiger partial charge in [-0.2, -0.15) is 8.42 Å². The molecule has 3 aromatic rings. The summed E-state index contributed by atoms with van der Waals surface area (Å²) in [4.78, 5) is 0.0995. The number of benzene rings is 3. The Bertz CT molecular complexity index is 1180. The zero-order valence-corrected chi connectivity index (χ0v) is 20.6. The third-order valence-electron chi connectivity index (χ3n) is 5.80. The summed E-state index contributed by atoms with van der Waals surface area (Å²) in [5, 5.41) is 0. The summed E-state index contributed by atoms with van der Waals surface area (Å²) in [6.45, 7) is 2.40. The summed E-state index contributed by atoms with van der Waals surface area (Å²) in [6, 6.07) is 23.7. The fourth-order valence-electron chi connectivity index (χ4n) is 3.89. The molecule has 35 heavy (non-hydrogen) atoms. The minimum Gasteiger partial charge on any atom is -0.493 e. The first kappa shape index (κ1) is 25.2. The van der Waals surface area contributed by atoms with Gasteiger partial charge in [0.2, 0.25) is 0 Å². The van der Waals surface area contributed by atoms with Crippen LogP contribution >= 0.6 is 0 Å². The second-order valence-electron chi connectivity index (χ2n) is 8.32. The SMILES string of the molecule is COc1ccccc1O[C@@H]1CCO[C@H](COS(=O)(=O)c2ccc(C)cc2)[C@H]1OCc1ccccc1. The molecule has 1 saturated heterocycles. The summed E-state index contributed by atoms with van der Waals surface area (Å²) < 4.78 is 54.9. The van der Waals surface area contributed by atoms with Crippen molar-refractivity contribution >= 4 is 10.1 Å². The highest BCUT2D eigenvalue weighted by Crippen LogP contribution is 2.31. The molecule has 0 spiro atoms. The number of methoxy groups -OCH3 is 1. The first-order valence-corrected chi connectivity index (χ1v) is 12.9. The van der Waals surface area contributed by atoms with Crippen LogP contribution in [0.5, 0.6) is 11.5 Å². The van der Waals surface area contributed by atoms with Crippen LogP contribution in [0.2, 0.25) is 0 Å². The summed E-state index contributed by atoms with van der Waals surface area (Å²) in [6.07, 6.45) is -1.03. The van der Waals surface area contributed by atoms with Gasteiger partial charge in [-0.15, -0.1) is 0 Å². The molecule has 0 radical (unpaired) electrons. The molecule has 4 rings (SSSR count). The quantitative estimate of drug-likeness (QED) is 0.380. The van der Waals surface area contributed by atoms with E-state index in [9.17, 15) is 8.42 Å². The maximum Gasteiger partial charge on any atom is 0.297 e. The second-order valence-corrected chi connectivity index (χ2v) is 9.93. The van der Waals surface area contributed by atoms with Crippen molar-refractivity contribution in [2.24, 2.45) is 0 Å². The highest BCUT2D eigenvalue weighted by molar-refractivity contribution is 7.86. The fourth-order valence-corrected chi connectivity index (χ4v) is 4.81. The molecule has 0 aliphatic carbocycles. The Morgan fingerprint density at radius 3 is 2.31 bits per heavy atom. The van der Waals surface area contributed by atoms with E-state index in [1.807, 2.05) is 61.5 Å². The summed E-state index contributed by atoms with van der Waals surface area (Å²) in [7, 11) is -2.36. The number of hydrogen-bond acceptors (Lipinski definition) is 7. The van der Waals surface area contributed by atoms with Crippen LogP contribution in [0.3, 0.4) is 0 Å². The van der Waals surface area contributed by atoms with E-state index in [2.05, 4.69) is 0 Å². The normalized spacial score (nSPS) is 20.3. The van der Waals surface area contributed by atoms with E-state index in [1.165, 1.54) is 12.1 Å². The van der Waals surface area contributed by atoms with Crippen LogP contribution in [0.1, 0.15) is 17.5 Å². The van der Waals surface area contributed by atoms with Crippen molar-refractivity contribution in [2.45, 2.75) is 43.2 Å². The predicted molar refractivity (Wildman–Crippen MR) is 131 cm³/mol. The lowest BCUT2D eigenvalue weighted by Gasteiger charge is -2.37. The van der Waals surface area contributed by atoms with Gasteiger partial charge in [-0.3, -0.25) is 4.18 Å². The van der Waals surface area contributed by atoms with Gasteiger partial charge >= 0.3 is 0 Å². The third kappa shape index (κ3) is 6.61. The van der Waals surface area contributed by atoms with Gasteiger partial charge in [0.25, 0.3) is 10.1 Å². The molecule has 0 unspecified atom stereocenters. The molecule has 186 valence electrons. The number of aryl methyl sites for hydroxylation is 1. The molecule has 1 fully saturated rings. The average molecular weight is 499 g/mol. The van der Waals surface area contributed by atoms with E-state index in [-0.39, 0.29) is 17.6 Å². The van der Waals surface area contributed by atoms with Crippen LogP contribution < -0.4 is 9.47 Å². The minimum atomic E-state index is -3.95. The van der Waals surface area contributed by atoms with Crippen molar-refractivity contribution in [1.29, 1.82) is 0 Å². The minimum absolute atomic E-state index is 0.0995. The lowest BCUT2D eigenvalue weighted by molar-refractivity contribution is -0.165. The topological polar surface area (TPSA) is 80.3 Å². The van der Waals surface area contributed by atoms with Crippen LogP contribution in [0.4, 0.5) is 0 Å². The van der Waals surface area contributed by atoms with E-state index < -0.39 is 22.3 Å². The lowest BCUT2D eigenvalue weighted by atomic mass is 10.0. The van der Waals surface area contributed by atoms with Gasteiger partial charge in [0.05, 0.1) is 31.8 Å². The van der Waals surface area contributed by atoms with Crippen molar-refractivity contribution in [2.75, 3.05) is 20.3 Å². The van der Waals surface area contributed by atoms with Gasteiger partial charge < -0.3 is 18.9 Å². The van der Waals surface area contributed by atoms with Crippen LogP contribution in [-0.4, -0.2) is 47.1 Å². The number of ether oxygens (including phenoxy) is 4. The van der Waals surface area contributed by atoms with Gasteiger partial charge in [-0.25, -0.2) is 0 Å². The Labute approximate surface area is 206 Å². The number of hydrogen-bond donors (Lipinski definition) is 0. The Kier molecular flexibility index (Phi) is 8.41. The fraction of sp³-hybridized carbons (Fsp3) is 0.333. The van der Waals surface area contributed by atoms with Crippen molar-refractivity contribution in [3.63, 3.8) is 0 Å². The molecule has 1 aliphatic rings. The maximum atomic E-state index is 12.8. The van der Waals surface area contributed by atoms with E-state index in [1.54, 1.807) is 19.2 Å². The van der Waals surface area contributed by atoms with Crippen LogP contribution in [0, 0.1) is 6.92 Å². The van der Waals surface area contributed by atoms with Gasteiger partial charge in [-0.05, 0) is 36.8 Å². The zero-order chi connectivity index (χ0) is 24.7. The molecule has 3 aromatic carbocycles. The molecular weight excluding hydrogens is 468 g/mol. The molecule has 0 bridgehead atoms. The molecule has 0 aromatic heterocycles. The molecule has 1 heterocycles. The van der Waals surface area contributed by atoms with Crippen LogP contribution in [0.15, 0.2) is 83.8 Å². The molecule has 0 amide bonds. The molecule has 1 aliphatic heterocycles. The first-order chi connectivity index (χ1) is 17.0. The van der Waals surface area contributed by atoms with E-state index in [4.69, 9.17) is 23.1 Å². The van der Waals surface area contributed by atoms with Crippen molar-refractivity contribution in [1.82, 2.24) is 0 Å².